The quantitative estimate of drug-likeness (QED) is 0.857. The molecule has 0 spiro atoms. The Morgan fingerprint density at radius 1 is 1.14 bits per heavy atom. The number of aromatic carboxylic acids is 1. The number of nitrogens with zero attached hydrogens (tertiary/aromatic N) is 1. The summed E-state index contributed by atoms with van der Waals surface area (Å²) in [5.74, 6) is -1.60. The second kappa shape index (κ2) is 5.43. The van der Waals surface area contributed by atoms with Gasteiger partial charge in [0.25, 0.3) is 5.56 Å². The predicted molar refractivity (Wildman–Crippen MR) is 65.6 cm³/mol. The third kappa shape index (κ3) is 3.31. The van der Waals surface area contributed by atoms with E-state index in [4.69, 9.17) is 0 Å². The molecule has 0 aliphatic rings. The molecule has 0 atom stereocenters. The zero-order valence-electron chi connectivity index (χ0n) is 10.6. The summed E-state index contributed by atoms with van der Waals surface area (Å²) in [7, 11) is 0. The largest absolute Gasteiger partial charge is 0.545 e. The van der Waals surface area contributed by atoms with Gasteiger partial charge in [-0.1, -0.05) is 12.1 Å². The van der Waals surface area contributed by atoms with Crippen molar-refractivity contribution in [3.8, 4) is 0 Å². The number of hydrogen-bond donors (Lipinski definition) is 0. The molecule has 4 nitrogen and oxygen atoms in total. The van der Waals surface area contributed by atoms with Crippen molar-refractivity contribution in [3.63, 3.8) is 0 Å². The Morgan fingerprint density at radius 2 is 1.76 bits per heavy atom. The maximum absolute atomic E-state index is 12.4. The fourth-order valence-corrected chi connectivity index (χ4v) is 1.81. The molecule has 1 aromatic carbocycles. The average molecular weight is 296 g/mol. The third-order valence-electron chi connectivity index (χ3n) is 2.87. The first kappa shape index (κ1) is 14.8. The van der Waals surface area contributed by atoms with Crippen LogP contribution in [0.3, 0.4) is 0 Å². The number of carbonyl (C=O) groups is 1. The Balaban J connectivity index is 2.29. The Kier molecular flexibility index (Phi) is 3.84. The van der Waals surface area contributed by atoms with Gasteiger partial charge in [-0.05, 0) is 29.8 Å². The zero-order valence-corrected chi connectivity index (χ0v) is 10.6. The number of hydrogen-bond acceptors (Lipinski definition) is 3. The van der Waals surface area contributed by atoms with Crippen molar-refractivity contribution in [1.82, 2.24) is 4.57 Å². The summed E-state index contributed by atoms with van der Waals surface area (Å²) in [6.45, 7) is -0.0297. The van der Waals surface area contributed by atoms with Crippen molar-refractivity contribution >= 4 is 5.97 Å². The van der Waals surface area contributed by atoms with Crippen molar-refractivity contribution in [3.05, 3.63) is 69.6 Å². The smallest absolute Gasteiger partial charge is 0.416 e. The molecule has 0 unspecified atom stereocenters. The molecule has 0 N–H and O–H groups in total. The van der Waals surface area contributed by atoms with Crippen LogP contribution in [0.25, 0.3) is 0 Å². The van der Waals surface area contributed by atoms with Crippen LogP contribution in [0.1, 0.15) is 21.5 Å². The molecule has 0 saturated carbocycles. The number of carbonyl (C=O) groups excluding carboxylic acids is 1. The minimum absolute atomic E-state index is 0.0297. The van der Waals surface area contributed by atoms with Crippen LogP contribution < -0.4 is 10.7 Å². The molecule has 0 aliphatic carbocycles. The number of benzene rings is 1. The van der Waals surface area contributed by atoms with E-state index in [1.807, 2.05) is 0 Å². The molecule has 7 heteroatoms. The van der Waals surface area contributed by atoms with Gasteiger partial charge in [-0.25, -0.2) is 0 Å². The normalized spacial score (nSPS) is 11.4. The van der Waals surface area contributed by atoms with Crippen molar-refractivity contribution < 1.29 is 23.1 Å². The number of carboxylic acids is 1. The van der Waals surface area contributed by atoms with Crippen LogP contribution in [0, 0.1) is 0 Å². The van der Waals surface area contributed by atoms with E-state index >= 15 is 0 Å². The van der Waals surface area contributed by atoms with Crippen LogP contribution in [0.5, 0.6) is 0 Å². The minimum atomic E-state index is -4.43. The van der Waals surface area contributed by atoms with Crippen LogP contribution in [0.15, 0.2) is 47.4 Å². The molecule has 0 radical (unpaired) electrons. The van der Waals surface area contributed by atoms with Crippen LogP contribution in [-0.2, 0) is 12.7 Å². The van der Waals surface area contributed by atoms with Gasteiger partial charge < -0.3 is 14.5 Å². The lowest BCUT2D eigenvalue weighted by atomic mass is 10.1. The van der Waals surface area contributed by atoms with E-state index in [-0.39, 0.29) is 6.54 Å². The molecule has 0 saturated heterocycles. The second-order valence-corrected chi connectivity index (χ2v) is 4.34. The first-order chi connectivity index (χ1) is 9.79. The number of carboxylic acid groups (broad SMARTS) is 1. The van der Waals surface area contributed by atoms with E-state index in [1.54, 1.807) is 0 Å². The predicted octanol–water partition coefficient (Wildman–Crippen LogP) is 1.28. The van der Waals surface area contributed by atoms with Crippen LogP contribution in [0.2, 0.25) is 0 Å². The lowest BCUT2D eigenvalue weighted by Gasteiger charge is -2.10. The van der Waals surface area contributed by atoms with E-state index in [9.17, 15) is 27.9 Å². The Morgan fingerprint density at radius 3 is 2.29 bits per heavy atom. The van der Waals surface area contributed by atoms with E-state index in [2.05, 4.69) is 0 Å². The lowest BCUT2D eigenvalue weighted by molar-refractivity contribution is -0.255. The summed E-state index contributed by atoms with van der Waals surface area (Å²) in [5.41, 5.74) is -1.61. The molecule has 1 heterocycles. The Bertz CT molecular complexity index is 717. The standard InChI is InChI=1S/C14H10F3NO3/c15-14(16,17)10-5-3-9(4-6-10)8-18-7-1-2-11(12(18)19)13(20)21/h1-7H,8H2,(H,20,21)/p-1. The fourth-order valence-electron chi connectivity index (χ4n) is 1.81. The van der Waals surface area contributed by atoms with E-state index in [0.717, 1.165) is 22.8 Å². The highest BCUT2D eigenvalue weighted by molar-refractivity contribution is 5.85. The minimum Gasteiger partial charge on any atom is -0.545 e. The van der Waals surface area contributed by atoms with Gasteiger partial charge >= 0.3 is 6.18 Å². The maximum Gasteiger partial charge on any atom is 0.416 e. The molecular formula is C14H9F3NO3-. The summed E-state index contributed by atoms with van der Waals surface area (Å²) >= 11 is 0. The number of alkyl halides is 3. The highest BCUT2D eigenvalue weighted by Gasteiger charge is 2.29. The van der Waals surface area contributed by atoms with Gasteiger partial charge in [-0.2, -0.15) is 13.2 Å². The third-order valence-corrected chi connectivity index (χ3v) is 2.87. The molecule has 110 valence electrons. The monoisotopic (exact) mass is 296 g/mol. The van der Waals surface area contributed by atoms with Gasteiger partial charge in [0, 0.05) is 6.20 Å². The molecule has 21 heavy (non-hydrogen) atoms. The topological polar surface area (TPSA) is 62.1 Å². The van der Waals surface area contributed by atoms with Crippen molar-refractivity contribution in [1.29, 1.82) is 0 Å². The van der Waals surface area contributed by atoms with Crippen molar-refractivity contribution in [2.45, 2.75) is 12.7 Å². The Hall–Kier alpha value is -2.57. The molecule has 1 aromatic heterocycles. The lowest BCUT2D eigenvalue weighted by Crippen LogP contribution is -2.33. The molecule has 2 aromatic rings. The number of pyridine rings is 1. The summed E-state index contributed by atoms with van der Waals surface area (Å²) in [6.07, 6.45) is -3.07. The summed E-state index contributed by atoms with van der Waals surface area (Å²) in [6, 6.07) is 6.76. The van der Waals surface area contributed by atoms with Gasteiger partial charge in [0.1, 0.15) is 0 Å². The molecule has 0 bridgehead atoms. The molecule has 2 rings (SSSR count). The van der Waals surface area contributed by atoms with E-state index < -0.39 is 28.8 Å². The average Bonchev–Trinajstić information content (AvgIpc) is 2.40. The summed E-state index contributed by atoms with van der Waals surface area (Å²) in [5, 5.41) is 10.7. The summed E-state index contributed by atoms with van der Waals surface area (Å²) < 4.78 is 38.4. The molecule has 0 fully saturated rings. The number of halogens is 3. The van der Waals surface area contributed by atoms with E-state index in [1.165, 1.54) is 24.4 Å². The van der Waals surface area contributed by atoms with Crippen LogP contribution in [-0.4, -0.2) is 10.5 Å². The molecular weight excluding hydrogens is 287 g/mol. The SMILES string of the molecule is O=C([O-])c1cccn(Cc2ccc(C(F)(F)F)cc2)c1=O. The van der Waals surface area contributed by atoms with Crippen LogP contribution >= 0.6 is 0 Å². The molecule has 0 amide bonds. The Labute approximate surface area is 117 Å². The van der Waals surface area contributed by atoms with Gasteiger partial charge in [-0.15, -0.1) is 0 Å². The first-order valence-corrected chi connectivity index (χ1v) is 5.86. The molecule has 0 aliphatic heterocycles. The second-order valence-electron chi connectivity index (χ2n) is 4.34. The van der Waals surface area contributed by atoms with Gasteiger partial charge in [-0.3, -0.25) is 4.79 Å². The number of rotatable bonds is 3. The fraction of sp³-hybridized carbons (Fsp3) is 0.143. The van der Waals surface area contributed by atoms with Gasteiger partial charge in [0.05, 0.1) is 23.6 Å². The number of aromatic nitrogens is 1. The maximum atomic E-state index is 12.4. The summed E-state index contributed by atoms with van der Waals surface area (Å²) in [4.78, 5) is 22.5. The zero-order chi connectivity index (χ0) is 15.6. The van der Waals surface area contributed by atoms with E-state index in [0.29, 0.717) is 5.56 Å². The van der Waals surface area contributed by atoms with Gasteiger partial charge in [0.15, 0.2) is 0 Å². The highest BCUT2D eigenvalue weighted by atomic mass is 19.4. The van der Waals surface area contributed by atoms with Crippen molar-refractivity contribution in [2.75, 3.05) is 0 Å². The highest BCUT2D eigenvalue weighted by Crippen LogP contribution is 2.29. The first-order valence-electron chi connectivity index (χ1n) is 5.86. The van der Waals surface area contributed by atoms with Crippen molar-refractivity contribution in [2.24, 2.45) is 0 Å². The van der Waals surface area contributed by atoms with Crippen LogP contribution in [0.4, 0.5) is 13.2 Å². The van der Waals surface area contributed by atoms with Gasteiger partial charge in [0.2, 0.25) is 0 Å².